The summed E-state index contributed by atoms with van der Waals surface area (Å²) in [5.41, 5.74) is 4.76. The highest BCUT2D eigenvalue weighted by Gasteiger charge is 2.36. The van der Waals surface area contributed by atoms with Crippen molar-refractivity contribution in [2.45, 2.75) is 45.8 Å². The maximum Gasteiger partial charge on any atom is 0.336 e. The van der Waals surface area contributed by atoms with Gasteiger partial charge in [0.15, 0.2) is 0 Å². The first kappa shape index (κ1) is 24.8. The number of carbonyl (C=O) groups is 1. The third-order valence-electron chi connectivity index (χ3n) is 7.59. The van der Waals surface area contributed by atoms with Gasteiger partial charge in [0.05, 0.1) is 17.8 Å². The van der Waals surface area contributed by atoms with Crippen LogP contribution in [0.5, 0.6) is 5.75 Å². The average molecular weight is 495 g/mol. The maximum atomic E-state index is 11.9. The van der Waals surface area contributed by atoms with Gasteiger partial charge in [0.1, 0.15) is 11.4 Å². The minimum absolute atomic E-state index is 0.194. The summed E-state index contributed by atoms with van der Waals surface area (Å²) in [7, 11) is 0. The quantitative estimate of drug-likeness (QED) is 0.285. The zero-order valence-corrected chi connectivity index (χ0v) is 21.9. The lowest BCUT2D eigenvalue weighted by atomic mass is 9.95. The number of aryl methyl sites for hydroxylation is 1. The van der Waals surface area contributed by atoms with Crippen LogP contribution in [0.1, 0.15) is 53.4 Å². The van der Waals surface area contributed by atoms with Crippen molar-refractivity contribution in [2.24, 2.45) is 0 Å². The van der Waals surface area contributed by atoms with Gasteiger partial charge in [0, 0.05) is 18.2 Å². The highest BCUT2D eigenvalue weighted by Crippen LogP contribution is 2.42. The van der Waals surface area contributed by atoms with Gasteiger partial charge in [-0.25, -0.2) is 4.79 Å². The van der Waals surface area contributed by atoms with Crippen molar-refractivity contribution in [3.8, 4) is 5.75 Å². The number of rotatable bonds is 7. The van der Waals surface area contributed by atoms with Gasteiger partial charge in [-0.05, 0) is 86.0 Å². The Bertz CT molecular complexity index is 1460. The number of hydrogen-bond donors (Lipinski definition) is 2. The summed E-state index contributed by atoms with van der Waals surface area (Å²) >= 11 is 0. The van der Waals surface area contributed by atoms with Gasteiger partial charge in [-0.3, -0.25) is 0 Å². The minimum Gasteiger partial charge on any atom is -0.483 e. The third-order valence-corrected chi connectivity index (χ3v) is 7.59. The fourth-order valence-corrected chi connectivity index (χ4v) is 5.35. The Labute approximate surface area is 218 Å². The van der Waals surface area contributed by atoms with Gasteiger partial charge in [-0.15, -0.1) is 0 Å². The monoisotopic (exact) mass is 494 g/mol. The van der Waals surface area contributed by atoms with Gasteiger partial charge in [0.2, 0.25) is 0 Å². The molecule has 1 aliphatic rings. The van der Waals surface area contributed by atoms with Crippen LogP contribution in [0.4, 0.5) is 11.4 Å². The SMILES string of the molecule is Cc1cc(N2CC(C)(CCN[C@H](C)c3cccc4ccccc34)Oc3ccccc32)cc(C(=O)O)c1C. The molecule has 0 aliphatic carbocycles. The number of nitrogens with one attached hydrogen (secondary N) is 1. The molecule has 190 valence electrons. The van der Waals surface area contributed by atoms with E-state index < -0.39 is 11.6 Å². The number of para-hydroxylation sites is 2. The van der Waals surface area contributed by atoms with Gasteiger partial charge >= 0.3 is 5.97 Å². The van der Waals surface area contributed by atoms with E-state index in [2.05, 4.69) is 72.6 Å². The molecule has 2 atom stereocenters. The lowest BCUT2D eigenvalue weighted by molar-refractivity contribution is 0.0696. The molecule has 0 fully saturated rings. The molecule has 1 unspecified atom stereocenters. The van der Waals surface area contributed by atoms with Crippen LogP contribution >= 0.6 is 0 Å². The Morgan fingerprint density at radius 2 is 1.78 bits per heavy atom. The van der Waals surface area contributed by atoms with Crippen LogP contribution in [-0.4, -0.2) is 29.8 Å². The third kappa shape index (κ3) is 4.92. The second kappa shape index (κ2) is 9.91. The Hall–Kier alpha value is -3.83. The molecule has 37 heavy (non-hydrogen) atoms. The number of anilines is 2. The molecule has 0 amide bonds. The summed E-state index contributed by atoms with van der Waals surface area (Å²) in [5.74, 6) is -0.0909. The molecule has 4 aromatic rings. The standard InChI is InChI=1S/C32H34N2O3/c1-21-18-25(19-28(22(21)2)31(35)36)34-20-32(4,37-30-15-8-7-14-29(30)34)16-17-33-23(3)26-13-9-11-24-10-5-6-12-27(24)26/h5-15,18-19,23,33H,16-17,20H2,1-4H3,(H,35,36)/t23-,32?/m1/s1. The molecular formula is C32H34N2O3. The van der Waals surface area contributed by atoms with Crippen LogP contribution in [0.15, 0.2) is 78.9 Å². The molecule has 5 nitrogen and oxygen atoms in total. The van der Waals surface area contributed by atoms with E-state index in [9.17, 15) is 9.90 Å². The summed E-state index contributed by atoms with van der Waals surface area (Å²) in [6, 6.07) is 27.0. The molecule has 4 aromatic carbocycles. The van der Waals surface area contributed by atoms with Crippen molar-refractivity contribution in [1.29, 1.82) is 0 Å². The molecule has 1 heterocycles. The number of nitrogens with zero attached hydrogens (tertiary/aromatic N) is 1. The maximum absolute atomic E-state index is 11.9. The normalized spacial score (nSPS) is 17.8. The molecule has 0 bridgehead atoms. The Balaban J connectivity index is 1.38. The molecule has 0 saturated carbocycles. The first-order valence-electron chi connectivity index (χ1n) is 12.9. The van der Waals surface area contributed by atoms with Crippen molar-refractivity contribution in [3.63, 3.8) is 0 Å². The van der Waals surface area contributed by atoms with Gasteiger partial charge < -0.3 is 20.1 Å². The molecule has 0 spiro atoms. The van der Waals surface area contributed by atoms with Crippen LogP contribution in [0.2, 0.25) is 0 Å². The van der Waals surface area contributed by atoms with E-state index in [1.807, 2.05) is 38.1 Å². The van der Waals surface area contributed by atoms with Crippen molar-refractivity contribution in [2.75, 3.05) is 18.0 Å². The van der Waals surface area contributed by atoms with E-state index in [0.29, 0.717) is 12.1 Å². The molecule has 0 saturated heterocycles. The number of fused-ring (bicyclic) bond motifs is 2. The van der Waals surface area contributed by atoms with Crippen LogP contribution in [0.3, 0.4) is 0 Å². The Morgan fingerprint density at radius 3 is 2.59 bits per heavy atom. The second-order valence-electron chi connectivity index (χ2n) is 10.3. The zero-order chi connectivity index (χ0) is 26.2. The highest BCUT2D eigenvalue weighted by molar-refractivity contribution is 5.92. The zero-order valence-electron chi connectivity index (χ0n) is 21.9. The van der Waals surface area contributed by atoms with E-state index in [-0.39, 0.29) is 6.04 Å². The number of carboxylic acid groups (broad SMARTS) is 1. The second-order valence-corrected chi connectivity index (χ2v) is 10.3. The molecule has 2 N–H and O–H groups in total. The average Bonchev–Trinajstić information content (AvgIpc) is 2.89. The fourth-order valence-electron chi connectivity index (χ4n) is 5.35. The number of ether oxygens (including phenoxy) is 1. The molecule has 0 radical (unpaired) electrons. The summed E-state index contributed by atoms with van der Waals surface area (Å²) < 4.78 is 6.56. The summed E-state index contributed by atoms with van der Waals surface area (Å²) in [4.78, 5) is 14.1. The highest BCUT2D eigenvalue weighted by atomic mass is 16.5. The van der Waals surface area contributed by atoms with Gasteiger partial charge in [0.25, 0.3) is 0 Å². The van der Waals surface area contributed by atoms with E-state index >= 15 is 0 Å². The number of hydrogen-bond acceptors (Lipinski definition) is 4. The van der Waals surface area contributed by atoms with Crippen molar-refractivity contribution in [3.05, 3.63) is 101 Å². The predicted octanol–water partition coefficient (Wildman–Crippen LogP) is 7.18. The van der Waals surface area contributed by atoms with Crippen LogP contribution in [0.25, 0.3) is 10.8 Å². The number of aromatic carboxylic acids is 1. The van der Waals surface area contributed by atoms with Crippen molar-refractivity contribution >= 4 is 28.1 Å². The molecular weight excluding hydrogens is 460 g/mol. The summed E-state index contributed by atoms with van der Waals surface area (Å²) in [5, 5.41) is 16.0. The minimum atomic E-state index is -0.904. The first-order valence-corrected chi connectivity index (χ1v) is 12.9. The first-order chi connectivity index (χ1) is 17.8. The number of benzene rings is 4. The lowest BCUT2D eigenvalue weighted by Gasteiger charge is -2.43. The molecule has 5 rings (SSSR count). The van der Waals surface area contributed by atoms with Crippen LogP contribution < -0.4 is 15.0 Å². The van der Waals surface area contributed by atoms with Crippen molar-refractivity contribution < 1.29 is 14.6 Å². The largest absolute Gasteiger partial charge is 0.483 e. The Morgan fingerprint density at radius 1 is 1.05 bits per heavy atom. The smallest absolute Gasteiger partial charge is 0.336 e. The van der Waals surface area contributed by atoms with E-state index in [0.717, 1.165) is 41.2 Å². The van der Waals surface area contributed by atoms with E-state index in [1.165, 1.54) is 16.3 Å². The molecule has 5 heteroatoms. The fraction of sp³-hybridized carbons (Fsp3) is 0.281. The van der Waals surface area contributed by atoms with Gasteiger partial charge in [-0.1, -0.05) is 54.6 Å². The van der Waals surface area contributed by atoms with Crippen LogP contribution in [0, 0.1) is 13.8 Å². The molecule has 1 aliphatic heterocycles. The van der Waals surface area contributed by atoms with Gasteiger partial charge in [-0.2, -0.15) is 0 Å². The number of carboxylic acids is 1. The van der Waals surface area contributed by atoms with Crippen LogP contribution in [-0.2, 0) is 0 Å². The van der Waals surface area contributed by atoms with E-state index in [4.69, 9.17) is 4.74 Å². The summed E-state index contributed by atoms with van der Waals surface area (Å²) in [6.45, 7) is 9.58. The van der Waals surface area contributed by atoms with Crippen molar-refractivity contribution in [1.82, 2.24) is 5.32 Å². The summed E-state index contributed by atoms with van der Waals surface area (Å²) in [6.07, 6.45) is 0.795. The lowest BCUT2D eigenvalue weighted by Crippen LogP contribution is -2.49. The Kier molecular flexibility index (Phi) is 6.65. The molecule has 0 aromatic heterocycles. The van der Waals surface area contributed by atoms with E-state index in [1.54, 1.807) is 6.07 Å². The predicted molar refractivity (Wildman–Crippen MR) is 150 cm³/mol. The topological polar surface area (TPSA) is 61.8 Å².